The van der Waals surface area contributed by atoms with Crippen LogP contribution in [0.15, 0.2) is 34.9 Å². The number of rotatable bonds is 2. The molecule has 0 spiro atoms. The second kappa shape index (κ2) is 3.87. The summed E-state index contributed by atoms with van der Waals surface area (Å²) in [6.07, 6.45) is 2.00. The van der Waals surface area contributed by atoms with E-state index in [2.05, 4.69) is 0 Å². The smallest absolute Gasteiger partial charge is 0.185 e. The lowest BCUT2D eigenvalue weighted by atomic mass is 10.1. The largest absolute Gasteiger partial charge is 0.461 e. The second-order valence-electron chi connectivity index (χ2n) is 2.95. The normalized spacial score (nSPS) is 10.3. The summed E-state index contributed by atoms with van der Waals surface area (Å²) in [6.45, 7) is 0. The molecule has 76 valence electrons. The average molecular weight is 225 g/mol. The van der Waals surface area contributed by atoms with Gasteiger partial charge in [-0.15, -0.1) is 0 Å². The number of benzene rings is 1. The van der Waals surface area contributed by atoms with E-state index < -0.39 is 5.82 Å². The van der Waals surface area contributed by atoms with E-state index in [4.69, 9.17) is 16.0 Å². The molecule has 0 amide bonds. The van der Waals surface area contributed by atoms with Gasteiger partial charge in [0.1, 0.15) is 5.82 Å². The molecule has 0 saturated heterocycles. The van der Waals surface area contributed by atoms with E-state index >= 15 is 0 Å². The first-order valence-electron chi connectivity index (χ1n) is 4.20. The third kappa shape index (κ3) is 1.78. The zero-order chi connectivity index (χ0) is 10.8. The Morgan fingerprint density at radius 1 is 1.33 bits per heavy atom. The van der Waals surface area contributed by atoms with Gasteiger partial charge in [-0.2, -0.15) is 0 Å². The van der Waals surface area contributed by atoms with Crippen molar-refractivity contribution >= 4 is 17.9 Å². The molecule has 2 nitrogen and oxygen atoms in total. The highest BCUT2D eigenvalue weighted by atomic mass is 35.5. The molecule has 2 aromatic rings. The van der Waals surface area contributed by atoms with E-state index in [1.54, 1.807) is 12.1 Å². The molecule has 1 aromatic heterocycles. The molecule has 0 saturated carbocycles. The van der Waals surface area contributed by atoms with E-state index in [-0.39, 0.29) is 10.8 Å². The van der Waals surface area contributed by atoms with Gasteiger partial charge in [0.25, 0.3) is 0 Å². The van der Waals surface area contributed by atoms with Crippen LogP contribution in [0.5, 0.6) is 0 Å². The minimum atomic E-state index is -0.489. The van der Waals surface area contributed by atoms with Gasteiger partial charge >= 0.3 is 0 Å². The lowest BCUT2D eigenvalue weighted by Crippen LogP contribution is -1.83. The zero-order valence-electron chi connectivity index (χ0n) is 7.54. The molecule has 0 fully saturated rings. The predicted molar refractivity (Wildman–Crippen MR) is 54.5 cm³/mol. The molecule has 0 aliphatic heterocycles. The first-order chi connectivity index (χ1) is 7.22. The van der Waals surface area contributed by atoms with Gasteiger partial charge in [0.15, 0.2) is 12.0 Å². The highest BCUT2D eigenvalue weighted by Gasteiger charge is 2.09. The Bertz CT molecular complexity index is 505. The fourth-order valence-corrected chi connectivity index (χ4v) is 1.49. The minimum Gasteiger partial charge on any atom is -0.461 e. The number of carbonyl (C=O) groups is 1. The van der Waals surface area contributed by atoms with Crippen LogP contribution in [0.25, 0.3) is 11.1 Å². The van der Waals surface area contributed by atoms with Crippen LogP contribution in [0.1, 0.15) is 10.6 Å². The Morgan fingerprint density at radius 3 is 2.80 bits per heavy atom. The van der Waals surface area contributed by atoms with Gasteiger partial charge in [0, 0.05) is 5.56 Å². The summed E-state index contributed by atoms with van der Waals surface area (Å²) in [4.78, 5) is 10.6. The predicted octanol–water partition coefficient (Wildman–Crippen LogP) is 3.55. The fourth-order valence-electron chi connectivity index (χ4n) is 1.31. The highest BCUT2D eigenvalue weighted by molar-refractivity contribution is 6.31. The molecule has 0 aliphatic carbocycles. The van der Waals surface area contributed by atoms with Crippen molar-refractivity contribution in [2.45, 2.75) is 0 Å². The quantitative estimate of drug-likeness (QED) is 0.731. The maximum absolute atomic E-state index is 12.9. The first kappa shape index (κ1) is 9.93. The van der Waals surface area contributed by atoms with Gasteiger partial charge in [0.05, 0.1) is 11.3 Å². The Labute approximate surface area is 90.3 Å². The Hall–Kier alpha value is -1.61. The molecule has 2 rings (SSSR count). The SMILES string of the molecule is O=Cc1occc1-c1ccc(F)c(Cl)c1. The van der Waals surface area contributed by atoms with Crippen LogP contribution in [0, 0.1) is 5.82 Å². The van der Waals surface area contributed by atoms with Crippen LogP contribution < -0.4 is 0 Å². The molecule has 0 atom stereocenters. The number of furan rings is 1. The third-order valence-electron chi connectivity index (χ3n) is 2.03. The number of hydrogen-bond acceptors (Lipinski definition) is 2. The number of hydrogen-bond donors (Lipinski definition) is 0. The Kier molecular flexibility index (Phi) is 2.56. The lowest BCUT2D eigenvalue weighted by molar-refractivity contribution is 0.110. The van der Waals surface area contributed by atoms with Gasteiger partial charge in [-0.1, -0.05) is 17.7 Å². The van der Waals surface area contributed by atoms with Gasteiger partial charge < -0.3 is 4.42 Å². The number of halogens is 2. The fraction of sp³-hybridized carbons (Fsp3) is 0. The molecule has 1 heterocycles. The van der Waals surface area contributed by atoms with Gasteiger partial charge in [-0.25, -0.2) is 4.39 Å². The maximum atomic E-state index is 12.9. The summed E-state index contributed by atoms with van der Waals surface area (Å²) < 4.78 is 17.8. The van der Waals surface area contributed by atoms with Crippen LogP contribution in [0.3, 0.4) is 0 Å². The standard InChI is InChI=1S/C11H6ClFO2/c12-9-5-7(1-2-10(9)13)8-3-4-15-11(8)6-14/h1-6H. The molecule has 0 aliphatic rings. The summed E-state index contributed by atoms with van der Waals surface area (Å²) in [5.41, 5.74) is 1.25. The molecule has 0 radical (unpaired) electrons. The van der Waals surface area contributed by atoms with Gasteiger partial charge in [-0.3, -0.25) is 4.79 Å². The lowest BCUT2D eigenvalue weighted by Gasteiger charge is -2.00. The monoisotopic (exact) mass is 224 g/mol. The van der Waals surface area contributed by atoms with Crippen molar-refractivity contribution in [2.75, 3.05) is 0 Å². The molecule has 1 aromatic carbocycles. The van der Waals surface area contributed by atoms with Crippen LogP contribution in [-0.4, -0.2) is 6.29 Å². The van der Waals surface area contributed by atoms with Crippen molar-refractivity contribution in [3.05, 3.63) is 47.1 Å². The van der Waals surface area contributed by atoms with Crippen LogP contribution in [-0.2, 0) is 0 Å². The van der Waals surface area contributed by atoms with Crippen molar-refractivity contribution in [1.29, 1.82) is 0 Å². The van der Waals surface area contributed by atoms with E-state index in [0.717, 1.165) is 0 Å². The Morgan fingerprint density at radius 2 is 2.13 bits per heavy atom. The minimum absolute atomic E-state index is 0.0190. The van der Waals surface area contributed by atoms with E-state index in [1.807, 2.05) is 0 Å². The van der Waals surface area contributed by atoms with Gasteiger partial charge in [-0.05, 0) is 23.8 Å². The maximum Gasteiger partial charge on any atom is 0.185 e. The van der Waals surface area contributed by atoms with Crippen molar-refractivity contribution in [2.24, 2.45) is 0 Å². The topological polar surface area (TPSA) is 30.2 Å². The molecular weight excluding hydrogens is 219 g/mol. The first-order valence-corrected chi connectivity index (χ1v) is 4.58. The molecule has 15 heavy (non-hydrogen) atoms. The second-order valence-corrected chi connectivity index (χ2v) is 3.35. The highest BCUT2D eigenvalue weighted by Crippen LogP contribution is 2.27. The van der Waals surface area contributed by atoms with Crippen molar-refractivity contribution in [3.63, 3.8) is 0 Å². The molecule has 0 N–H and O–H groups in total. The zero-order valence-corrected chi connectivity index (χ0v) is 8.29. The van der Waals surface area contributed by atoms with E-state index in [0.29, 0.717) is 17.4 Å². The van der Waals surface area contributed by atoms with E-state index in [9.17, 15) is 9.18 Å². The summed E-state index contributed by atoms with van der Waals surface area (Å²) in [6, 6.07) is 5.88. The Balaban J connectivity index is 2.54. The molecule has 4 heteroatoms. The number of carbonyl (C=O) groups excluding carboxylic acids is 1. The summed E-state index contributed by atoms with van der Waals surface area (Å²) in [7, 11) is 0. The average Bonchev–Trinajstić information content (AvgIpc) is 2.70. The third-order valence-corrected chi connectivity index (χ3v) is 2.32. The van der Waals surface area contributed by atoms with Crippen LogP contribution >= 0.6 is 11.6 Å². The van der Waals surface area contributed by atoms with Crippen LogP contribution in [0.4, 0.5) is 4.39 Å². The molecule has 0 unspecified atom stereocenters. The summed E-state index contributed by atoms with van der Waals surface area (Å²) in [5.74, 6) is -0.283. The van der Waals surface area contributed by atoms with Crippen molar-refractivity contribution in [1.82, 2.24) is 0 Å². The van der Waals surface area contributed by atoms with E-state index in [1.165, 1.54) is 18.4 Å². The van der Waals surface area contributed by atoms with Crippen molar-refractivity contribution in [3.8, 4) is 11.1 Å². The summed E-state index contributed by atoms with van der Waals surface area (Å²) in [5, 5.41) is 0.0190. The molecular formula is C11H6ClFO2. The van der Waals surface area contributed by atoms with Crippen LogP contribution in [0.2, 0.25) is 5.02 Å². The summed E-state index contributed by atoms with van der Waals surface area (Å²) >= 11 is 5.63. The van der Waals surface area contributed by atoms with Crippen molar-refractivity contribution < 1.29 is 13.6 Å². The van der Waals surface area contributed by atoms with Gasteiger partial charge in [0.2, 0.25) is 0 Å². The number of aldehydes is 1. The molecule has 0 bridgehead atoms.